The predicted octanol–water partition coefficient (Wildman–Crippen LogP) is 4.28. The minimum Gasteiger partial charge on any atom is -0.469 e. The van der Waals surface area contributed by atoms with E-state index in [1.165, 1.54) is 23.4 Å². The van der Waals surface area contributed by atoms with Crippen LogP contribution in [-0.2, 0) is 16.0 Å². The van der Waals surface area contributed by atoms with Gasteiger partial charge in [0.05, 0.1) is 12.8 Å². The predicted molar refractivity (Wildman–Crippen MR) is 136 cm³/mol. The molecule has 3 aromatic rings. The quantitative estimate of drug-likeness (QED) is 0.308. The second-order valence-electron chi connectivity index (χ2n) is 9.28. The summed E-state index contributed by atoms with van der Waals surface area (Å²) >= 11 is 0. The maximum Gasteiger partial charge on any atom is 0.305 e. The van der Waals surface area contributed by atoms with E-state index in [1.54, 1.807) is 0 Å². The molecule has 0 amide bonds. The van der Waals surface area contributed by atoms with Gasteiger partial charge in [-0.3, -0.25) is 14.7 Å². The summed E-state index contributed by atoms with van der Waals surface area (Å²) in [6.07, 6.45) is 7.11. The van der Waals surface area contributed by atoms with Gasteiger partial charge in [0.1, 0.15) is 11.6 Å². The molecule has 0 saturated carbocycles. The molecule has 8 nitrogen and oxygen atoms in total. The van der Waals surface area contributed by atoms with Gasteiger partial charge in [-0.05, 0) is 44.3 Å². The number of aromatic nitrogens is 3. The summed E-state index contributed by atoms with van der Waals surface area (Å²) in [6.45, 7) is 5.94. The van der Waals surface area contributed by atoms with Crippen molar-refractivity contribution in [2.24, 2.45) is 0 Å². The molecule has 0 aliphatic rings. The lowest BCUT2D eigenvalue weighted by atomic mass is 9.97. The number of unbranched alkanes of at least 4 members (excludes halogenated alkanes) is 3. The molecule has 0 unspecified atom stereocenters. The first-order valence-corrected chi connectivity index (χ1v) is 12.2. The van der Waals surface area contributed by atoms with Crippen molar-refractivity contribution >= 4 is 11.6 Å². The Labute approximate surface area is 206 Å². The van der Waals surface area contributed by atoms with E-state index in [2.05, 4.69) is 40.0 Å². The minimum atomic E-state index is -0.169. The fourth-order valence-corrected chi connectivity index (χ4v) is 4.22. The molecule has 3 rings (SSSR count). The molecule has 2 heterocycles. The number of carbonyl (C=O) groups is 1. The van der Waals surface area contributed by atoms with E-state index in [0.29, 0.717) is 28.9 Å². The van der Waals surface area contributed by atoms with Gasteiger partial charge in [0.15, 0.2) is 5.65 Å². The van der Waals surface area contributed by atoms with Crippen LogP contribution in [0, 0.1) is 11.3 Å². The SMILES string of the molecule is COC(=O)CCCCCCN(C)CCc1ccc(-c2nc3c(C#N)c[nH]n3c(=O)c2C(C)C)cc1. The van der Waals surface area contributed by atoms with Crippen molar-refractivity contribution in [3.63, 3.8) is 0 Å². The number of rotatable bonds is 12. The Balaban J connectivity index is 1.60. The zero-order valence-corrected chi connectivity index (χ0v) is 21.1. The number of hydrogen-bond acceptors (Lipinski definition) is 6. The van der Waals surface area contributed by atoms with E-state index in [0.717, 1.165) is 50.8 Å². The molecule has 0 bridgehead atoms. The van der Waals surface area contributed by atoms with Gasteiger partial charge in [0.25, 0.3) is 5.56 Å². The van der Waals surface area contributed by atoms with Crippen molar-refractivity contribution in [3.05, 3.63) is 57.5 Å². The van der Waals surface area contributed by atoms with Crippen LogP contribution in [0.15, 0.2) is 35.3 Å². The highest BCUT2D eigenvalue weighted by Gasteiger charge is 2.19. The van der Waals surface area contributed by atoms with E-state index < -0.39 is 0 Å². The third kappa shape index (κ3) is 6.58. The van der Waals surface area contributed by atoms with E-state index in [4.69, 9.17) is 4.98 Å². The second-order valence-corrected chi connectivity index (χ2v) is 9.28. The Morgan fingerprint density at radius 3 is 2.54 bits per heavy atom. The highest BCUT2D eigenvalue weighted by molar-refractivity contribution is 5.69. The fraction of sp³-hybridized carbons (Fsp3) is 0.481. The van der Waals surface area contributed by atoms with Gasteiger partial charge in [-0.2, -0.15) is 5.26 Å². The third-order valence-corrected chi connectivity index (χ3v) is 6.30. The van der Waals surface area contributed by atoms with Gasteiger partial charge < -0.3 is 9.64 Å². The van der Waals surface area contributed by atoms with Crippen LogP contribution in [0.5, 0.6) is 0 Å². The van der Waals surface area contributed by atoms with Crippen LogP contribution in [0.2, 0.25) is 0 Å². The number of fused-ring (bicyclic) bond motifs is 1. The number of nitrogens with one attached hydrogen (secondary N) is 1. The molecule has 0 atom stereocenters. The van der Waals surface area contributed by atoms with Gasteiger partial charge in [-0.15, -0.1) is 0 Å². The fourth-order valence-electron chi connectivity index (χ4n) is 4.22. The smallest absolute Gasteiger partial charge is 0.305 e. The summed E-state index contributed by atoms with van der Waals surface area (Å²) in [5, 5.41) is 12.2. The van der Waals surface area contributed by atoms with Gasteiger partial charge in [-0.1, -0.05) is 51.0 Å². The summed E-state index contributed by atoms with van der Waals surface area (Å²) in [5.41, 5.74) is 3.90. The van der Waals surface area contributed by atoms with Crippen LogP contribution >= 0.6 is 0 Å². The molecule has 0 aliphatic heterocycles. The Kier molecular flexibility index (Phi) is 9.21. The van der Waals surface area contributed by atoms with Crippen molar-refractivity contribution in [1.29, 1.82) is 5.26 Å². The summed E-state index contributed by atoms with van der Waals surface area (Å²) < 4.78 is 6.02. The zero-order chi connectivity index (χ0) is 25.4. The molecule has 0 spiro atoms. The molecule has 0 fully saturated rings. The van der Waals surface area contributed by atoms with E-state index in [1.807, 2.05) is 26.0 Å². The average molecular weight is 478 g/mol. The Morgan fingerprint density at radius 2 is 1.89 bits per heavy atom. The molecular formula is C27H35N5O3. The molecule has 0 saturated heterocycles. The van der Waals surface area contributed by atoms with Crippen LogP contribution in [-0.4, -0.2) is 52.7 Å². The average Bonchev–Trinajstić information content (AvgIpc) is 3.28. The number of hydrogen-bond donors (Lipinski definition) is 1. The highest BCUT2D eigenvalue weighted by atomic mass is 16.5. The van der Waals surface area contributed by atoms with Crippen molar-refractivity contribution < 1.29 is 9.53 Å². The topological polar surface area (TPSA) is 103 Å². The van der Waals surface area contributed by atoms with Crippen LogP contribution in [0.3, 0.4) is 0 Å². The van der Waals surface area contributed by atoms with Gasteiger partial charge in [0, 0.05) is 30.3 Å². The molecule has 186 valence electrons. The number of nitrogens with zero attached hydrogens (tertiary/aromatic N) is 4. The van der Waals surface area contributed by atoms with Crippen LogP contribution in [0.1, 0.15) is 68.6 Å². The lowest BCUT2D eigenvalue weighted by Crippen LogP contribution is -2.23. The first-order chi connectivity index (χ1) is 16.8. The first-order valence-electron chi connectivity index (χ1n) is 12.2. The number of aromatic amines is 1. The van der Waals surface area contributed by atoms with Crippen molar-refractivity contribution in [2.45, 2.75) is 58.3 Å². The molecule has 8 heteroatoms. The Morgan fingerprint density at radius 1 is 1.17 bits per heavy atom. The highest BCUT2D eigenvalue weighted by Crippen LogP contribution is 2.26. The van der Waals surface area contributed by atoms with Crippen molar-refractivity contribution in [3.8, 4) is 17.3 Å². The maximum atomic E-state index is 13.1. The number of nitriles is 1. The van der Waals surface area contributed by atoms with Gasteiger partial charge in [-0.25, -0.2) is 9.50 Å². The summed E-state index contributed by atoms with van der Waals surface area (Å²) in [5.74, 6) is -0.141. The zero-order valence-electron chi connectivity index (χ0n) is 21.1. The van der Waals surface area contributed by atoms with E-state index >= 15 is 0 Å². The number of ether oxygens (including phenoxy) is 1. The maximum absolute atomic E-state index is 13.1. The van der Waals surface area contributed by atoms with Crippen molar-refractivity contribution in [1.82, 2.24) is 19.5 Å². The minimum absolute atomic E-state index is 0.00970. The molecule has 2 aromatic heterocycles. The first kappa shape index (κ1) is 26.2. The number of likely N-dealkylation sites (N-methyl/N-ethyl adjacent to an activating group) is 1. The number of methoxy groups -OCH3 is 1. The number of benzene rings is 1. The molecule has 0 radical (unpaired) electrons. The Hall–Kier alpha value is -3.44. The van der Waals surface area contributed by atoms with Crippen LogP contribution in [0.25, 0.3) is 16.9 Å². The Bertz CT molecular complexity index is 1230. The number of H-pyrrole nitrogens is 1. The van der Waals surface area contributed by atoms with Crippen LogP contribution < -0.4 is 5.56 Å². The lowest BCUT2D eigenvalue weighted by Gasteiger charge is -2.17. The molecule has 35 heavy (non-hydrogen) atoms. The lowest BCUT2D eigenvalue weighted by molar-refractivity contribution is -0.140. The summed E-state index contributed by atoms with van der Waals surface area (Å²) in [7, 11) is 3.56. The number of carbonyl (C=O) groups excluding carboxylic acids is 1. The molecular weight excluding hydrogens is 442 g/mol. The summed E-state index contributed by atoms with van der Waals surface area (Å²) in [4.78, 5) is 31.3. The number of esters is 1. The van der Waals surface area contributed by atoms with Crippen molar-refractivity contribution in [2.75, 3.05) is 27.2 Å². The third-order valence-electron chi connectivity index (χ3n) is 6.30. The normalized spacial score (nSPS) is 11.3. The molecule has 0 aliphatic carbocycles. The van der Waals surface area contributed by atoms with E-state index in [-0.39, 0.29) is 17.4 Å². The largest absolute Gasteiger partial charge is 0.469 e. The standard InChI is InChI=1S/C27H35N5O3/c1-19(2)24-25(30-26-22(17-28)18-29-32(26)27(24)34)21-12-10-20(11-13-21)14-16-31(3)15-8-6-5-7-9-23(33)35-4/h10-13,18-19,29H,5-9,14-16H2,1-4H3. The monoisotopic (exact) mass is 477 g/mol. The van der Waals surface area contributed by atoms with E-state index in [9.17, 15) is 14.9 Å². The molecule has 1 aromatic carbocycles. The van der Waals surface area contributed by atoms with Gasteiger partial charge >= 0.3 is 5.97 Å². The summed E-state index contributed by atoms with van der Waals surface area (Å²) in [6, 6.07) is 10.3. The molecule has 1 N–H and O–H groups in total. The van der Waals surface area contributed by atoms with Crippen LogP contribution in [0.4, 0.5) is 0 Å². The second kappa shape index (κ2) is 12.3. The van der Waals surface area contributed by atoms with Gasteiger partial charge in [0.2, 0.25) is 0 Å².